The summed E-state index contributed by atoms with van der Waals surface area (Å²) in [5, 5.41) is 0.253. The second-order valence-corrected chi connectivity index (χ2v) is 8.79. The van der Waals surface area contributed by atoms with Crippen molar-refractivity contribution in [2.24, 2.45) is 11.8 Å². The zero-order chi connectivity index (χ0) is 16.8. The molecule has 1 aliphatic heterocycles. The minimum atomic E-state index is -3.70. The number of carbonyl (C=O) groups excluding carboxylic acids is 1. The number of benzene rings is 1. The largest absolute Gasteiger partial charge is 0.340 e. The van der Waals surface area contributed by atoms with E-state index in [0.29, 0.717) is 19.0 Å². The maximum absolute atomic E-state index is 12.7. The summed E-state index contributed by atoms with van der Waals surface area (Å²) in [7, 11) is -3.70. The molecule has 8 heteroatoms. The molecule has 0 N–H and O–H groups in total. The first-order valence-corrected chi connectivity index (χ1v) is 9.75. The molecule has 1 aromatic rings. The predicted molar refractivity (Wildman–Crippen MR) is 89.1 cm³/mol. The van der Waals surface area contributed by atoms with Crippen LogP contribution >= 0.6 is 23.2 Å². The van der Waals surface area contributed by atoms with Crippen molar-refractivity contribution >= 4 is 39.1 Å². The van der Waals surface area contributed by atoms with Gasteiger partial charge in [-0.1, -0.05) is 36.2 Å². The van der Waals surface area contributed by atoms with Crippen LogP contribution in [0, 0.1) is 11.8 Å². The van der Waals surface area contributed by atoms with E-state index in [9.17, 15) is 13.2 Å². The second-order valence-electron chi connectivity index (χ2n) is 6.10. The van der Waals surface area contributed by atoms with Gasteiger partial charge in [0.05, 0.1) is 10.0 Å². The Balaban J connectivity index is 1.71. The van der Waals surface area contributed by atoms with E-state index in [2.05, 4.69) is 6.92 Å². The smallest absolute Gasteiger partial charge is 0.244 e. The summed E-state index contributed by atoms with van der Waals surface area (Å²) in [5.41, 5.74) is 0. The standard InChI is InChI=1S/C15H18Cl2N2O3S/c1-10-9-11(10)15(20)18-5-7-19(8-6-18)23(21,22)13-4-2-3-12(16)14(13)17/h2-4,10-11H,5-9H2,1H3/t10-,11-/m0/s1. The van der Waals surface area contributed by atoms with Crippen LogP contribution in [0.3, 0.4) is 0 Å². The molecular weight excluding hydrogens is 359 g/mol. The highest BCUT2D eigenvalue weighted by Crippen LogP contribution is 2.39. The SMILES string of the molecule is C[C@H]1C[C@@H]1C(=O)N1CCN(S(=O)(=O)c2cccc(Cl)c2Cl)CC1. The van der Waals surface area contributed by atoms with Crippen LogP contribution in [0.25, 0.3) is 0 Å². The van der Waals surface area contributed by atoms with Gasteiger partial charge >= 0.3 is 0 Å². The summed E-state index contributed by atoms with van der Waals surface area (Å²) >= 11 is 12.0. The lowest BCUT2D eigenvalue weighted by atomic mass is 10.2. The summed E-state index contributed by atoms with van der Waals surface area (Å²) in [4.78, 5) is 14.0. The molecule has 2 fully saturated rings. The highest BCUT2D eigenvalue weighted by Gasteiger charge is 2.42. The lowest BCUT2D eigenvalue weighted by Crippen LogP contribution is -2.51. The second kappa shape index (κ2) is 6.24. The Morgan fingerprint density at radius 2 is 1.78 bits per heavy atom. The third-order valence-corrected chi connectivity index (χ3v) is 7.38. The molecule has 23 heavy (non-hydrogen) atoms. The fourth-order valence-electron chi connectivity index (χ4n) is 2.87. The average molecular weight is 377 g/mol. The average Bonchev–Trinajstić information content (AvgIpc) is 3.26. The first-order valence-electron chi connectivity index (χ1n) is 7.55. The topological polar surface area (TPSA) is 57.7 Å². The monoisotopic (exact) mass is 376 g/mol. The summed E-state index contributed by atoms with van der Waals surface area (Å²) in [6.45, 7) is 3.44. The molecule has 0 unspecified atom stereocenters. The van der Waals surface area contributed by atoms with Crippen molar-refractivity contribution in [3.05, 3.63) is 28.2 Å². The summed E-state index contributed by atoms with van der Waals surface area (Å²) in [5.74, 6) is 0.727. The van der Waals surface area contributed by atoms with Crippen LogP contribution in [0.1, 0.15) is 13.3 Å². The fraction of sp³-hybridized carbons (Fsp3) is 0.533. The van der Waals surface area contributed by atoms with E-state index in [1.165, 1.54) is 10.4 Å². The molecule has 0 aromatic heterocycles. The predicted octanol–water partition coefficient (Wildman–Crippen LogP) is 2.48. The van der Waals surface area contributed by atoms with Gasteiger partial charge in [0.15, 0.2) is 0 Å². The quantitative estimate of drug-likeness (QED) is 0.813. The van der Waals surface area contributed by atoms with Crippen LogP contribution in [-0.4, -0.2) is 49.7 Å². The molecule has 2 atom stereocenters. The van der Waals surface area contributed by atoms with Crippen molar-refractivity contribution in [3.63, 3.8) is 0 Å². The van der Waals surface area contributed by atoms with E-state index < -0.39 is 10.0 Å². The van der Waals surface area contributed by atoms with Gasteiger partial charge in [-0.2, -0.15) is 4.31 Å². The number of hydrogen-bond acceptors (Lipinski definition) is 3. The molecule has 0 spiro atoms. The Kier molecular flexibility index (Phi) is 4.62. The lowest BCUT2D eigenvalue weighted by Gasteiger charge is -2.34. The van der Waals surface area contributed by atoms with Gasteiger partial charge in [0.2, 0.25) is 15.9 Å². The van der Waals surface area contributed by atoms with Crippen LogP contribution in [0.5, 0.6) is 0 Å². The zero-order valence-electron chi connectivity index (χ0n) is 12.7. The molecule has 1 amide bonds. The number of rotatable bonds is 3. The number of hydrogen-bond donors (Lipinski definition) is 0. The molecule has 2 aliphatic rings. The van der Waals surface area contributed by atoms with Gasteiger partial charge in [0, 0.05) is 32.1 Å². The Morgan fingerprint density at radius 3 is 2.35 bits per heavy atom. The summed E-state index contributed by atoms with van der Waals surface area (Å²) < 4.78 is 26.8. The Morgan fingerprint density at radius 1 is 1.17 bits per heavy atom. The Labute approximate surface area is 146 Å². The van der Waals surface area contributed by atoms with Gasteiger partial charge in [0.25, 0.3) is 0 Å². The number of amides is 1. The minimum absolute atomic E-state index is 0.0160. The van der Waals surface area contributed by atoms with Gasteiger partial charge in [-0.3, -0.25) is 4.79 Å². The molecule has 1 aromatic carbocycles. The van der Waals surface area contributed by atoms with Gasteiger partial charge < -0.3 is 4.90 Å². The first-order chi connectivity index (χ1) is 10.8. The van der Waals surface area contributed by atoms with Gasteiger partial charge in [-0.25, -0.2) is 8.42 Å². The molecular formula is C15H18Cl2N2O3S. The normalized spacial score (nSPS) is 25.4. The van der Waals surface area contributed by atoms with E-state index in [0.717, 1.165) is 6.42 Å². The van der Waals surface area contributed by atoms with Crippen LogP contribution in [0.15, 0.2) is 23.1 Å². The van der Waals surface area contributed by atoms with Gasteiger partial charge in [-0.05, 0) is 24.5 Å². The van der Waals surface area contributed by atoms with Crippen molar-refractivity contribution in [2.75, 3.05) is 26.2 Å². The zero-order valence-corrected chi connectivity index (χ0v) is 15.0. The maximum Gasteiger partial charge on any atom is 0.244 e. The van der Waals surface area contributed by atoms with E-state index in [1.807, 2.05) is 0 Å². The fourth-order valence-corrected chi connectivity index (χ4v) is 5.03. The van der Waals surface area contributed by atoms with Crippen molar-refractivity contribution in [2.45, 2.75) is 18.2 Å². The highest BCUT2D eigenvalue weighted by atomic mass is 35.5. The third-order valence-electron chi connectivity index (χ3n) is 4.51. The molecule has 3 rings (SSSR count). The van der Waals surface area contributed by atoms with Crippen molar-refractivity contribution in [3.8, 4) is 0 Å². The molecule has 1 heterocycles. The van der Waals surface area contributed by atoms with Crippen LogP contribution in [0.4, 0.5) is 0 Å². The lowest BCUT2D eigenvalue weighted by molar-refractivity contribution is -0.134. The number of sulfonamides is 1. The number of nitrogens with zero attached hydrogens (tertiary/aromatic N) is 2. The molecule has 0 radical (unpaired) electrons. The number of piperazine rings is 1. The van der Waals surface area contributed by atoms with E-state index >= 15 is 0 Å². The van der Waals surface area contributed by atoms with Crippen LogP contribution in [0.2, 0.25) is 10.0 Å². The Hall–Kier alpha value is -0.820. The van der Waals surface area contributed by atoms with Gasteiger partial charge in [-0.15, -0.1) is 0 Å². The third kappa shape index (κ3) is 3.22. The Bertz CT molecular complexity index is 730. The molecule has 0 bridgehead atoms. The van der Waals surface area contributed by atoms with Crippen molar-refractivity contribution < 1.29 is 13.2 Å². The van der Waals surface area contributed by atoms with Crippen LogP contribution in [-0.2, 0) is 14.8 Å². The molecule has 1 aliphatic carbocycles. The van der Waals surface area contributed by atoms with Crippen LogP contribution < -0.4 is 0 Å². The summed E-state index contributed by atoms with van der Waals surface area (Å²) in [6, 6.07) is 4.57. The maximum atomic E-state index is 12.7. The van der Waals surface area contributed by atoms with E-state index in [4.69, 9.17) is 23.2 Å². The minimum Gasteiger partial charge on any atom is -0.340 e. The number of halogens is 2. The van der Waals surface area contributed by atoms with E-state index in [1.54, 1.807) is 17.0 Å². The molecule has 1 saturated heterocycles. The number of carbonyl (C=O) groups is 1. The van der Waals surface area contributed by atoms with E-state index in [-0.39, 0.29) is 39.9 Å². The van der Waals surface area contributed by atoms with Gasteiger partial charge in [0.1, 0.15) is 4.90 Å². The molecule has 5 nitrogen and oxygen atoms in total. The van der Waals surface area contributed by atoms with Crippen molar-refractivity contribution in [1.29, 1.82) is 0 Å². The molecule has 126 valence electrons. The highest BCUT2D eigenvalue weighted by molar-refractivity contribution is 7.89. The first kappa shape index (κ1) is 17.0. The molecule has 1 saturated carbocycles. The summed E-state index contributed by atoms with van der Waals surface area (Å²) in [6.07, 6.45) is 0.940. The van der Waals surface area contributed by atoms with Crippen molar-refractivity contribution in [1.82, 2.24) is 9.21 Å².